The largest absolute Gasteiger partial charge is 0.311 e. The van der Waals surface area contributed by atoms with Gasteiger partial charge in [0.15, 0.2) is 0 Å². The summed E-state index contributed by atoms with van der Waals surface area (Å²) in [6, 6.07) is 6.77. The van der Waals surface area contributed by atoms with Crippen molar-refractivity contribution >= 4 is 15.9 Å². The van der Waals surface area contributed by atoms with Crippen LogP contribution in [0, 0.1) is 5.82 Å². The molecule has 1 aromatic carbocycles. The van der Waals surface area contributed by atoms with Crippen LogP contribution in [0.15, 0.2) is 34.9 Å². The van der Waals surface area contributed by atoms with Gasteiger partial charge >= 0.3 is 0 Å². The summed E-state index contributed by atoms with van der Waals surface area (Å²) in [6.45, 7) is 0. The maximum Gasteiger partial charge on any atom is 0.123 e. The molecule has 5 heteroatoms. The molecule has 1 unspecified atom stereocenters. The van der Waals surface area contributed by atoms with E-state index in [1.165, 1.54) is 6.07 Å². The minimum absolute atomic E-state index is 0.0914. The van der Waals surface area contributed by atoms with Gasteiger partial charge in [-0.3, -0.25) is 4.68 Å². The van der Waals surface area contributed by atoms with E-state index in [2.05, 4.69) is 26.3 Å². The Kier molecular flexibility index (Phi) is 4.14. The number of hydrogen-bond acceptors (Lipinski definition) is 2. The number of rotatable bonds is 4. The quantitative estimate of drug-likeness (QED) is 0.941. The topological polar surface area (TPSA) is 29.9 Å². The van der Waals surface area contributed by atoms with Gasteiger partial charge in [0.1, 0.15) is 5.82 Å². The van der Waals surface area contributed by atoms with Crippen LogP contribution in [0.2, 0.25) is 0 Å². The van der Waals surface area contributed by atoms with Crippen molar-refractivity contribution in [3.63, 3.8) is 0 Å². The van der Waals surface area contributed by atoms with Gasteiger partial charge in [0, 0.05) is 7.05 Å². The Morgan fingerprint density at radius 3 is 2.83 bits per heavy atom. The first-order valence-electron chi connectivity index (χ1n) is 5.71. The van der Waals surface area contributed by atoms with Crippen molar-refractivity contribution in [2.24, 2.45) is 7.05 Å². The Morgan fingerprint density at radius 1 is 1.50 bits per heavy atom. The van der Waals surface area contributed by atoms with Crippen molar-refractivity contribution in [1.29, 1.82) is 0 Å². The lowest BCUT2D eigenvalue weighted by molar-refractivity contribution is 0.533. The first-order valence-corrected chi connectivity index (χ1v) is 6.50. The van der Waals surface area contributed by atoms with E-state index in [4.69, 9.17) is 0 Å². The highest BCUT2D eigenvalue weighted by molar-refractivity contribution is 9.10. The van der Waals surface area contributed by atoms with Gasteiger partial charge in [0.25, 0.3) is 0 Å². The van der Waals surface area contributed by atoms with Crippen molar-refractivity contribution < 1.29 is 4.39 Å². The molecule has 1 heterocycles. The van der Waals surface area contributed by atoms with Crippen LogP contribution in [0.1, 0.15) is 17.3 Å². The average Bonchev–Trinajstić information content (AvgIpc) is 2.67. The predicted molar refractivity (Wildman–Crippen MR) is 72.8 cm³/mol. The lowest BCUT2D eigenvalue weighted by Crippen LogP contribution is -2.22. The van der Waals surface area contributed by atoms with Crippen LogP contribution in [0.5, 0.6) is 0 Å². The van der Waals surface area contributed by atoms with Crippen LogP contribution in [0.4, 0.5) is 4.39 Å². The van der Waals surface area contributed by atoms with Crippen LogP contribution < -0.4 is 5.32 Å². The molecule has 0 aliphatic heterocycles. The Bertz CT molecular complexity index is 519. The number of likely N-dealkylation sites (N-methyl/N-ethyl adjacent to an activating group) is 1. The van der Waals surface area contributed by atoms with Crippen molar-refractivity contribution in [1.82, 2.24) is 15.1 Å². The summed E-state index contributed by atoms with van der Waals surface area (Å²) in [4.78, 5) is 0. The fourth-order valence-corrected chi connectivity index (χ4v) is 2.67. The van der Waals surface area contributed by atoms with E-state index >= 15 is 0 Å². The highest BCUT2D eigenvalue weighted by Gasteiger charge is 2.17. The molecule has 0 bridgehead atoms. The molecule has 0 saturated heterocycles. The molecule has 1 atom stereocenters. The number of aryl methyl sites for hydroxylation is 1. The Hall–Kier alpha value is -1.20. The van der Waals surface area contributed by atoms with Gasteiger partial charge in [-0.2, -0.15) is 5.10 Å². The number of benzene rings is 1. The summed E-state index contributed by atoms with van der Waals surface area (Å²) in [7, 11) is 3.79. The Balaban J connectivity index is 2.25. The third kappa shape index (κ3) is 2.79. The molecular formula is C13H15BrFN3. The van der Waals surface area contributed by atoms with E-state index in [-0.39, 0.29) is 11.9 Å². The molecule has 96 valence electrons. The predicted octanol–water partition coefficient (Wildman–Crippen LogP) is 2.82. The van der Waals surface area contributed by atoms with Crippen molar-refractivity contribution in [3.8, 4) is 0 Å². The third-order valence-electron chi connectivity index (χ3n) is 2.95. The minimum atomic E-state index is -0.202. The summed E-state index contributed by atoms with van der Waals surface area (Å²) >= 11 is 3.49. The van der Waals surface area contributed by atoms with E-state index < -0.39 is 0 Å². The average molecular weight is 312 g/mol. The molecule has 0 aliphatic carbocycles. The van der Waals surface area contributed by atoms with Gasteiger partial charge in [0.05, 0.1) is 22.4 Å². The van der Waals surface area contributed by atoms with Gasteiger partial charge in [-0.1, -0.05) is 12.1 Å². The molecule has 0 spiro atoms. The molecule has 0 aliphatic rings. The normalized spacial score (nSPS) is 12.7. The summed E-state index contributed by atoms with van der Waals surface area (Å²) in [5.74, 6) is -0.202. The standard InChI is InChI=1S/C13H15BrFN3/c1-16-12(13-11(14)8-17-18(13)2)7-9-4-3-5-10(15)6-9/h3-6,8,12,16H,7H2,1-2H3. The summed E-state index contributed by atoms with van der Waals surface area (Å²) in [5, 5.41) is 7.44. The van der Waals surface area contributed by atoms with Gasteiger partial charge < -0.3 is 5.32 Å². The van der Waals surface area contributed by atoms with Gasteiger partial charge in [0.2, 0.25) is 0 Å². The summed E-state index contributed by atoms with van der Waals surface area (Å²) in [6.07, 6.45) is 2.48. The highest BCUT2D eigenvalue weighted by atomic mass is 79.9. The van der Waals surface area contributed by atoms with Crippen LogP contribution >= 0.6 is 15.9 Å². The van der Waals surface area contributed by atoms with E-state index in [9.17, 15) is 4.39 Å². The zero-order valence-electron chi connectivity index (χ0n) is 10.3. The van der Waals surface area contributed by atoms with Crippen LogP contribution in [-0.4, -0.2) is 16.8 Å². The molecule has 0 saturated carbocycles. The molecule has 18 heavy (non-hydrogen) atoms. The van der Waals surface area contributed by atoms with Crippen molar-refractivity contribution in [2.45, 2.75) is 12.5 Å². The van der Waals surface area contributed by atoms with Crippen molar-refractivity contribution in [3.05, 3.63) is 52.0 Å². The first kappa shape index (κ1) is 13.2. The van der Waals surface area contributed by atoms with Gasteiger partial charge in [-0.05, 0) is 47.1 Å². The van der Waals surface area contributed by atoms with E-state index in [0.717, 1.165) is 15.7 Å². The SMILES string of the molecule is CNC(Cc1cccc(F)c1)c1c(Br)cnn1C. The lowest BCUT2D eigenvalue weighted by Gasteiger charge is -2.17. The Labute approximate surface area is 114 Å². The molecule has 2 aromatic rings. The van der Waals surface area contributed by atoms with E-state index in [1.807, 2.05) is 24.8 Å². The van der Waals surface area contributed by atoms with E-state index in [1.54, 1.807) is 18.3 Å². The van der Waals surface area contributed by atoms with E-state index in [0.29, 0.717) is 6.42 Å². The van der Waals surface area contributed by atoms with Gasteiger partial charge in [-0.25, -0.2) is 4.39 Å². The zero-order valence-corrected chi connectivity index (χ0v) is 11.9. The maximum absolute atomic E-state index is 13.2. The fourth-order valence-electron chi connectivity index (χ4n) is 2.05. The fraction of sp³-hybridized carbons (Fsp3) is 0.308. The lowest BCUT2D eigenvalue weighted by atomic mass is 10.0. The Morgan fingerprint density at radius 2 is 2.28 bits per heavy atom. The monoisotopic (exact) mass is 311 g/mol. The number of aromatic nitrogens is 2. The van der Waals surface area contributed by atoms with Crippen molar-refractivity contribution in [2.75, 3.05) is 7.05 Å². The summed E-state index contributed by atoms with van der Waals surface area (Å²) in [5.41, 5.74) is 2.02. The molecular weight excluding hydrogens is 297 g/mol. The molecule has 1 N–H and O–H groups in total. The van der Waals surface area contributed by atoms with Crippen LogP contribution in [-0.2, 0) is 13.5 Å². The minimum Gasteiger partial charge on any atom is -0.311 e. The number of nitrogens with one attached hydrogen (secondary N) is 1. The first-order chi connectivity index (χ1) is 8.61. The second-order valence-electron chi connectivity index (χ2n) is 4.18. The van der Waals surface area contributed by atoms with Gasteiger partial charge in [-0.15, -0.1) is 0 Å². The smallest absolute Gasteiger partial charge is 0.123 e. The molecule has 0 fully saturated rings. The second-order valence-corrected chi connectivity index (χ2v) is 5.03. The molecule has 0 radical (unpaired) electrons. The molecule has 0 amide bonds. The second kappa shape index (κ2) is 5.63. The summed E-state index contributed by atoms with van der Waals surface area (Å²) < 4.78 is 16.0. The van der Waals surface area contributed by atoms with Crippen LogP contribution in [0.3, 0.4) is 0 Å². The third-order valence-corrected chi connectivity index (χ3v) is 3.56. The molecule has 1 aromatic heterocycles. The number of halogens is 2. The highest BCUT2D eigenvalue weighted by Crippen LogP contribution is 2.25. The van der Waals surface area contributed by atoms with Crippen LogP contribution in [0.25, 0.3) is 0 Å². The zero-order chi connectivity index (χ0) is 13.1. The number of hydrogen-bond donors (Lipinski definition) is 1. The number of nitrogens with zero attached hydrogens (tertiary/aromatic N) is 2. The maximum atomic E-state index is 13.2. The molecule has 3 nitrogen and oxygen atoms in total. The molecule has 2 rings (SSSR count).